The highest BCUT2D eigenvalue weighted by Crippen LogP contribution is 2.41. The summed E-state index contributed by atoms with van der Waals surface area (Å²) in [5, 5.41) is 11.3. The average Bonchev–Trinajstić information content (AvgIpc) is 3.11. The molecule has 0 bridgehead atoms. The number of para-hydroxylation sites is 1. The van der Waals surface area contributed by atoms with Crippen LogP contribution in [0.25, 0.3) is 10.9 Å². The summed E-state index contributed by atoms with van der Waals surface area (Å²) in [6.45, 7) is 2.86. The Bertz CT molecular complexity index is 802. The second-order valence-electron chi connectivity index (χ2n) is 8.42. The quantitative estimate of drug-likeness (QED) is 0.852. The molecular formula is C22H31N3O2. The Morgan fingerprint density at radius 2 is 2.15 bits per heavy atom. The van der Waals surface area contributed by atoms with Gasteiger partial charge in [0.1, 0.15) is 0 Å². The van der Waals surface area contributed by atoms with E-state index in [1.54, 1.807) is 0 Å². The lowest BCUT2D eigenvalue weighted by atomic mass is 9.69. The van der Waals surface area contributed by atoms with Crippen LogP contribution in [0.5, 0.6) is 0 Å². The van der Waals surface area contributed by atoms with Crippen LogP contribution < -0.4 is 0 Å². The van der Waals surface area contributed by atoms with E-state index < -0.39 is 0 Å². The number of benzene rings is 1. The molecule has 4 rings (SSSR count). The molecule has 2 atom stereocenters. The molecule has 2 saturated heterocycles. The van der Waals surface area contributed by atoms with E-state index in [9.17, 15) is 9.90 Å². The summed E-state index contributed by atoms with van der Waals surface area (Å²) in [5.74, 6) is 0.264. The maximum Gasteiger partial charge on any atom is 0.222 e. The van der Waals surface area contributed by atoms with Gasteiger partial charge in [-0.25, -0.2) is 0 Å². The number of carbonyl (C=O) groups excluding carboxylic acids is 1. The highest BCUT2D eigenvalue weighted by atomic mass is 16.3. The molecule has 2 aliphatic rings. The second kappa shape index (κ2) is 7.64. The molecule has 5 heteroatoms. The van der Waals surface area contributed by atoms with Gasteiger partial charge in [-0.15, -0.1) is 0 Å². The van der Waals surface area contributed by atoms with Gasteiger partial charge in [0.25, 0.3) is 0 Å². The number of nitrogens with zero attached hydrogens (tertiary/aromatic N) is 2. The van der Waals surface area contributed by atoms with Crippen LogP contribution >= 0.6 is 0 Å². The molecule has 0 spiro atoms. The number of likely N-dealkylation sites (tertiary alicyclic amines) is 2. The molecule has 2 aliphatic heterocycles. The van der Waals surface area contributed by atoms with Crippen LogP contribution in [0.15, 0.2) is 30.5 Å². The van der Waals surface area contributed by atoms with E-state index in [1.165, 1.54) is 10.9 Å². The zero-order valence-corrected chi connectivity index (χ0v) is 16.3. The summed E-state index contributed by atoms with van der Waals surface area (Å²) in [7, 11) is 2.14. The van der Waals surface area contributed by atoms with Crippen molar-refractivity contribution < 1.29 is 9.90 Å². The minimum atomic E-state index is -0.00613. The largest absolute Gasteiger partial charge is 0.396 e. The molecule has 1 amide bonds. The summed E-state index contributed by atoms with van der Waals surface area (Å²) < 4.78 is 0. The van der Waals surface area contributed by atoms with Gasteiger partial charge in [0.15, 0.2) is 0 Å². The minimum Gasteiger partial charge on any atom is -0.396 e. The van der Waals surface area contributed by atoms with E-state index in [2.05, 4.69) is 41.3 Å². The summed E-state index contributed by atoms with van der Waals surface area (Å²) in [5.41, 5.74) is 2.45. The molecule has 0 aliphatic carbocycles. The number of amides is 1. The first kappa shape index (κ1) is 18.5. The minimum absolute atomic E-state index is 0.00613. The van der Waals surface area contributed by atoms with Gasteiger partial charge in [-0.1, -0.05) is 18.2 Å². The van der Waals surface area contributed by atoms with E-state index >= 15 is 0 Å². The number of carbonyl (C=O) groups is 1. The highest BCUT2D eigenvalue weighted by Gasteiger charge is 2.47. The Morgan fingerprint density at radius 1 is 1.30 bits per heavy atom. The van der Waals surface area contributed by atoms with Crippen molar-refractivity contribution in [3.05, 3.63) is 36.0 Å². The number of likely N-dealkylation sites (N-methyl/N-ethyl adjacent to an activating group) is 1. The number of aryl methyl sites for hydroxylation is 1. The number of H-pyrrole nitrogens is 1. The van der Waals surface area contributed by atoms with Gasteiger partial charge in [0.05, 0.1) is 6.61 Å². The third kappa shape index (κ3) is 3.50. The summed E-state index contributed by atoms with van der Waals surface area (Å²) in [4.78, 5) is 20.5. The molecule has 0 unspecified atom stereocenters. The van der Waals surface area contributed by atoms with Gasteiger partial charge < -0.3 is 19.9 Å². The first-order chi connectivity index (χ1) is 13.1. The molecule has 2 fully saturated rings. The number of aliphatic hydroxyl groups excluding tert-OH is 1. The molecule has 5 nitrogen and oxygen atoms in total. The van der Waals surface area contributed by atoms with Crippen LogP contribution in [-0.4, -0.2) is 65.1 Å². The number of aromatic nitrogens is 1. The van der Waals surface area contributed by atoms with E-state index in [0.717, 1.165) is 57.3 Å². The van der Waals surface area contributed by atoms with Gasteiger partial charge >= 0.3 is 0 Å². The third-order valence-corrected chi connectivity index (χ3v) is 6.88. The van der Waals surface area contributed by atoms with Crippen LogP contribution in [0, 0.1) is 5.41 Å². The van der Waals surface area contributed by atoms with Gasteiger partial charge in [-0.05, 0) is 57.3 Å². The average molecular weight is 370 g/mol. The van der Waals surface area contributed by atoms with Crippen LogP contribution in [0.3, 0.4) is 0 Å². The molecule has 2 aromatic rings. The number of hydrogen-bond acceptors (Lipinski definition) is 3. The number of piperidine rings is 2. The van der Waals surface area contributed by atoms with Crippen LogP contribution in [0.2, 0.25) is 0 Å². The van der Waals surface area contributed by atoms with Crippen LogP contribution in [0.4, 0.5) is 0 Å². The normalized spacial score (nSPS) is 26.3. The molecule has 2 N–H and O–H groups in total. The smallest absolute Gasteiger partial charge is 0.222 e. The lowest BCUT2D eigenvalue weighted by molar-refractivity contribution is -0.139. The molecule has 0 saturated carbocycles. The Hall–Kier alpha value is -1.85. The van der Waals surface area contributed by atoms with Gasteiger partial charge in [0.2, 0.25) is 5.91 Å². The van der Waals surface area contributed by atoms with Crippen molar-refractivity contribution in [3.63, 3.8) is 0 Å². The molecule has 146 valence electrons. The Kier molecular flexibility index (Phi) is 5.24. The lowest BCUT2D eigenvalue weighted by Gasteiger charge is -2.53. The van der Waals surface area contributed by atoms with Crippen molar-refractivity contribution in [2.24, 2.45) is 5.41 Å². The number of hydrogen-bond donors (Lipinski definition) is 2. The monoisotopic (exact) mass is 369 g/mol. The van der Waals surface area contributed by atoms with Crippen LogP contribution in [0.1, 0.15) is 37.7 Å². The molecule has 3 heterocycles. The summed E-state index contributed by atoms with van der Waals surface area (Å²) in [6.07, 6.45) is 7.63. The Labute approximate surface area is 161 Å². The van der Waals surface area contributed by atoms with E-state index in [1.807, 2.05) is 11.0 Å². The third-order valence-electron chi connectivity index (χ3n) is 6.88. The SMILES string of the molecule is CN1CCC[C@]2(CO)CCN(C(=O)CCCc3c[nH]c4ccccc34)C[C@@H]12. The molecule has 0 radical (unpaired) electrons. The Morgan fingerprint density at radius 3 is 3.00 bits per heavy atom. The van der Waals surface area contributed by atoms with Gasteiger partial charge in [0, 0.05) is 48.1 Å². The second-order valence-corrected chi connectivity index (χ2v) is 8.42. The van der Waals surface area contributed by atoms with Crippen molar-refractivity contribution in [2.45, 2.75) is 44.6 Å². The van der Waals surface area contributed by atoms with Gasteiger partial charge in [-0.2, -0.15) is 0 Å². The van der Waals surface area contributed by atoms with Crippen molar-refractivity contribution in [1.82, 2.24) is 14.8 Å². The molecular weight excluding hydrogens is 338 g/mol. The number of aliphatic hydroxyl groups is 1. The first-order valence-electron chi connectivity index (χ1n) is 10.3. The number of fused-ring (bicyclic) bond motifs is 2. The fourth-order valence-corrected chi connectivity index (χ4v) is 5.17. The fourth-order valence-electron chi connectivity index (χ4n) is 5.17. The topological polar surface area (TPSA) is 59.6 Å². The van der Waals surface area contributed by atoms with Crippen LogP contribution in [-0.2, 0) is 11.2 Å². The molecule has 1 aromatic heterocycles. The Balaban J connectivity index is 1.34. The zero-order valence-electron chi connectivity index (χ0n) is 16.3. The van der Waals surface area contributed by atoms with Gasteiger partial charge in [-0.3, -0.25) is 4.79 Å². The molecule has 1 aromatic carbocycles. The number of aromatic amines is 1. The first-order valence-corrected chi connectivity index (χ1v) is 10.3. The highest BCUT2D eigenvalue weighted by molar-refractivity contribution is 5.83. The van der Waals surface area contributed by atoms with Crippen molar-refractivity contribution in [1.29, 1.82) is 0 Å². The summed E-state index contributed by atoms with van der Waals surface area (Å²) in [6, 6.07) is 8.62. The van der Waals surface area contributed by atoms with Crippen molar-refractivity contribution >= 4 is 16.8 Å². The molecule has 27 heavy (non-hydrogen) atoms. The number of rotatable bonds is 5. The van der Waals surface area contributed by atoms with Crippen molar-refractivity contribution in [3.8, 4) is 0 Å². The standard InChI is InChI=1S/C22H31N3O2/c1-24-12-5-10-22(16-26)11-13-25(15-20(22)24)21(27)9-4-6-17-14-23-19-8-3-2-7-18(17)19/h2-3,7-8,14,20,23,26H,4-6,9-13,15-16H2,1H3/t20-,22-/m1/s1. The van der Waals surface area contributed by atoms with Crippen molar-refractivity contribution in [2.75, 3.05) is 33.3 Å². The zero-order chi connectivity index (χ0) is 18.9. The number of nitrogens with one attached hydrogen (secondary N) is 1. The maximum absolute atomic E-state index is 12.8. The predicted molar refractivity (Wildman–Crippen MR) is 108 cm³/mol. The predicted octanol–water partition coefficient (Wildman–Crippen LogP) is 2.80. The summed E-state index contributed by atoms with van der Waals surface area (Å²) >= 11 is 0. The lowest BCUT2D eigenvalue weighted by Crippen LogP contribution is -2.62. The van der Waals surface area contributed by atoms with E-state index in [-0.39, 0.29) is 17.9 Å². The fraction of sp³-hybridized carbons (Fsp3) is 0.591. The van der Waals surface area contributed by atoms with E-state index in [4.69, 9.17) is 0 Å². The maximum atomic E-state index is 12.8. The van der Waals surface area contributed by atoms with E-state index in [0.29, 0.717) is 12.5 Å².